The summed E-state index contributed by atoms with van der Waals surface area (Å²) in [5.41, 5.74) is 1.29. The number of rotatable bonds is 1. The van der Waals surface area contributed by atoms with Gasteiger partial charge in [-0.15, -0.1) is 0 Å². The van der Waals surface area contributed by atoms with Crippen LogP contribution in [0.5, 0.6) is 0 Å². The van der Waals surface area contributed by atoms with Crippen LogP contribution in [0.1, 0.15) is 11.6 Å². The van der Waals surface area contributed by atoms with E-state index < -0.39 is 0 Å². The summed E-state index contributed by atoms with van der Waals surface area (Å²) in [6, 6.07) is 13.5. The molecule has 1 aromatic carbocycles. The molecule has 0 aliphatic carbocycles. The van der Waals surface area contributed by atoms with Crippen LogP contribution < -0.4 is 5.32 Å². The van der Waals surface area contributed by atoms with Crippen molar-refractivity contribution >= 4 is 0 Å². The molecule has 0 aromatic heterocycles. The molecule has 1 unspecified atom stereocenters. The Labute approximate surface area is 84.9 Å². The Hall–Kier alpha value is -1.46. The molecule has 0 amide bonds. The van der Waals surface area contributed by atoms with Crippen molar-refractivity contribution in [1.29, 1.82) is 0 Å². The van der Waals surface area contributed by atoms with E-state index in [4.69, 9.17) is 6.42 Å². The summed E-state index contributed by atoms with van der Waals surface area (Å²) in [5, 5.41) is 3.36. The van der Waals surface area contributed by atoms with Gasteiger partial charge in [-0.3, -0.25) is 0 Å². The molecule has 1 saturated heterocycles. The molecule has 1 atom stereocenters. The average molecular weight is 186 g/mol. The van der Waals surface area contributed by atoms with Crippen LogP contribution in [0.15, 0.2) is 30.3 Å². The van der Waals surface area contributed by atoms with E-state index in [2.05, 4.69) is 40.5 Å². The van der Waals surface area contributed by atoms with Gasteiger partial charge < -0.3 is 10.2 Å². The van der Waals surface area contributed by atoms with Crippen molar-refractivity contribution in [3.8, 4) is 12.5 Å². The molecule has 2 nitrogen and oxygen atoms in total. The topological polar surface area (TPSA) is 15.3 Å². The third kappa shape index (κ3) is 1.73. The van der Waals surface area contributed by atoms with E-state index in [1.807, 2.05) is 6.07 Å². The van der Waals surface area contributed by atoms with Crippen LogP contribution in [0.3, 0.4) is 0 Å². The Balaban J connectivity index is 2.20. The van der Waals surface area contributed by atoms with Crippen molar-refractivity contribution in [2.75, 3.05) is 19.6 Å². The van der Waals surface area contributed by atoms with Gasteiger partial charge in [-0.25, -0.2) is 0 Å². The molecule has 14 heavy (non-hydrogen) atoms. The zero-order valence-electron chi connectivity index (χ0n) is 8.11. The first-order valence-corrected chi connectivity index (χ1v) is 4.90. The van der Waals surface area contributed by atoms with Crippen LogP contribution in [0, 0.1) is 12.5 Å². The van der Waals surface area contributed by atoms with Crippen molar-refractivity contribution in [2.24, 2.45) is 0 Å². The normalized spacial score (nSPS) is 21.6. The number of hydrogen-bond acceptors (Lipinski definition) is 2. The molecule has 0 spiro atoms. The van der Waals surface area contributed by atoms with E-state index in [0.717, 1.165) is 19.6 Å². The summed E-state index contributed by atoms with van der Waals surface area (Å²) >= 11 is 0. The van der Waals surface area contributed by atoms with Gasteiger partial charge in [0.25, 0.3) is 0 Å². The van der Waals surface area contributed by atoms with Crippen LogP contribution in [0.4, 0.5) is 0 Å². The Morgan fingerprint density at radius 2 is 2.14 bits per heavy atom. The third-order valence-corrected chi connectivity index (χ3v) is 2.59. The lowest BCUT2D eigenvalue weighted by molar-refractivity contribution is 0.247. The first kappa shape index (κ1) is 9.11. The van der Waals surface area contributed by atoms with Crippen molar-refractivity contribution in [3.63, 3.8) is 0 Å². The highest BCUT2D eigenvalue weighted by atomic mass is 15.2. The maximum atomic E-state index is 5.48. The molecule has 1 fully saturated rings. The van der Waals surface area contributed by atoms with E-state index in [1.54, 1.807) is 0 Å². The summed E-state index contributed by atoms with van der Waals surface area (Å²) in [6.07, 6.45) is 5.48. The van der Waals surface area contributed by atoms with Gasteiger partial charge in [0.2, 0.25) is 0 Å². The molecule has 2 rings (SSSR count). The molecule has 0 bridgehead atoms. The summed E-state index contributed by atoms with van der Waals surface area (Å²) in [4.78, 5) is 2.06. The fourth-order valence-corrected chi connectivity index (χ4v) is 1.83. The lowest BCUT2D eigenvalue weighted by Gasteiger charge is -2.33. The SMILES string of the molecule is C#CN1CCNCC1c1ccccc1. The third-order valence-electron chi connectivity index (χ3n) is 2.59. The molecule has 72 valence electrons. The van der Waals surface area contributed by atoms with Crippen LogP contribution in [-0.4, -0.2) is 24.5 Å². The van der Waals surface area contributed by atoms with Gasteiger partial charge >= 0.3 is 0 Å². The van der Waals surface area contributed by atoms with Gasteiger partial charge in [-0.05, 0) is 5.56 Å². The molecule has 0 saturated carbocycles. The smallest absolute Gasteiger partial charge is 0.0745 e. The highest BCUT2D eigenvalue weighted by Crippen LogP contribution is 2.20. The molecule has 2 heteroatoms. The Morgan fingerprint density at radius 3 is 2.86 bits per heavy atom. The van der Waals surface area contributed by atoms with Gasteiger partial charge in [-0.2, -0.15) is 0 Å². The van der Waals surface area contributed by atoms with Crippen molar-refractivity contribution in [1.82, 2.24) is 10.2 Å². The molecule has 1 aromatic rings. The van der Waals surface area contributed by atoms with Gasteiger partial charge in [-0.1, -0.05) is 36.8 Å². The van der Waals surface area contributed by atoms with Crippen LogP contribution in [0.25, 0.3) is 0 Å². The Morgan fingerprint density at radius 1 is 1.36 bits per heavy atom. The van der Waals surface area contributed by atoms with E-state index in [9.17, 15) is 0 Å². The molecular formula is C12H14N2. The van der Waals surface area contributed by atoms with Crippen molar-refractivity contribution in [2.45, 2.75) is 6.04 Å². The number of piperazine rings is 1. The summed E-state index contributed by atoms with van der Waals surface area (Å²) in [5.74, 6) is 0. The fourth-order valence-electron chi connectivity index (χ4n) is 1.83. The van der Waals surface area contributed by atoms with Gasteiger partial charge in [0.1, 0.15) is 0 Å². The number of hydrogen-bond donors (Lipinski definition) is 1. The Kier molecular flexibility index (Phi) is 2.71. The Bertz CT molecular complexity index is 326. The molecule has 1 N–H and O–H groups in total. The van der Waals surface area contributed by atoms with E-state index in [0.29, 0.717) is 6.04 Å². The van der Waals surface area contributed by atoms with E-state index >= 15 is 0 Å². The second-order valence-corrected chi connectivity index (χ2v) is 3.45. The summed E-state index contributed by atoms with van der Waals surface area (Å²) < 4.78 is 0. The van der Waals surface area contributed by atoms with E-state index in [1.165, 1.54) is 5.56 Å². The number of benzene rings is 1. The molecule has 1 heterocycles. The van der Waals surface area contributed by atoms with Crippen LogP contribution in [-0.2, 0) is 0 Å². The minimum Gasteiger partial charge on any atom is -0.323 e. The maximum absolute atomic E-state index is 5.48. The standard InChI is InChI=1S/C12H14N2/c1-2-14-9-8-13-10-12(14)11-6-4-3-5-7-11/h1,3-7,12-13H,8-10H2. The molecule has 1 aliphatic heterocycles. The zero-order chi connectivity index (χ0) is 9.80. The zero-order valence-corrected chi connectivity index (χ0v) is 8.11. The maximum Gasteiger partial charge on any atom is 0.0745 e. The lowest BCUT2D eigenvalue weighted by atomic mass is 10.0. The number of nitrogens with one attached hydrogen (secondary N) is 1. The van der Waals surface area contributed by atoms with Gasteiger partial charge in [0.05, 0.1) is 6.04 Å². The second-order valence-electron chi connectivity index (χ2n) is 3.45. The molecule has 1 aliphatic rings. The minimum absolute atomic E-state index is 0.329. The first-order valence-electron chi connectivity index (χ1n) is 4.90. The average Bonchev–Trinajstić information content (AvgIpc) is 2.30. The number of nitrogens with zero attached hydrogens (tertiary/aromatic N) is 1. The van der Waals surface area contributed by atoms with E-state index in [-0.39, 0.29) is 0 Å². The highest BCUT2D eigenvalue weighted by Gasteiger charge is 2.20. The minimum atomic E-state index is 0.329. The fraction of sp³-hybridized carbons (Fsp3) is 0.333. The first-order chi connectivity index (χ1) is 6.92. The summed E-state index contributed by atoms with van der Waals surface area (Å²) in [6.45, 7) is 2.85. The van der Waals surface area contributed by atoms with Gasteiger partial charge in [0, 0.05) is 25.7 Å². The summed E-state index contributed by atoms with van der Waals surface area (Å²) in [7, 11) is 0. The van der Waals surface area contributed by atoms with Crippen molar-refractivity contribution in [3.05, 3.63) is 35.9 Å². The predicted octanol–water partition coefficient (Wildman–Crippen LogP) is 1.22. The molecule has 0 radical (unpaired) electrons. The lowest BCUT2D eigenvalue weighted by Crippen LogP contribution is -2.43. The van der Waals surface area contributed by atoms with Crippen molar-refractivity contribution < 1.29 is 0 Å². The predicted molar refractivity (Wildman–Crippen MR) is 57.6 cm³/mol. The number of terminal acetylenes is 1. The van der Waals surface area contributed by atoms with Crippen LogP contribution >= 0.6 is 0 Å². The monoisotopic (exact) mass is 186 g/mol. The molecular weight excluding hydrogens is 172 g/mol. The van der Waals surface area contributed by atoms with Gasteiger partial charge in [0.15, 0.2) is 0 Å². The van der Waals surface area contributed by atoms with Crippen LogP contribution in [0.2, 0.25) is 0 Å². The highest BCUT2D eigenvalue weighted by molar-refractivity contribution is 5.21. The largest absolute Gasteiger partial charge is 0.323 e. The quantitative estimate of drug-likeness (QED) is 0.663. The second kappa shape index (κ2) is 4.17.